The molecule has 25 heavy (non-hydrogen) atoms. The molecule has 1 atom stereocenters. The quantitative estimate of drug-likeness (QED) is 0.480. The van der Waals surface area contributed by atoms with Crippen LogP contribution in [-0.2, 0) is 0 Å². The second-order valence-electron chi connectivity index (χ2n) is 5.29. The molecular formula is C16H24ClN3O4S. The number of hydrogen-bond acceptors (Lipinski definition) is 4. The number of ether oxygens (including phenoxy) is 2. The van der Waals surface area contributed by atoms with E-state index in [9.17, 15) is 4.79 Å². The zero-order chi connectivity index (χ0) is 18.8. The van der Waals surface area contributed by atoms with Gasteiger partial charge in [0, 0.05) is 24.7 Å². The van der Waals surface area contributed by atoms with Gasteiger partial charge < -0.3 is 30.5 Å². The van der Waals surface area contributed by atoms with E-state index in [1.807, 2.05) is 6.92 Å². The van der Waals surface area contributed by atoms with Crippen LogP contribution in [0.2, 0.25) is 5.02 Å². The number of amides is 1. The normalized spacial score (nSPS) is 11.4. The predicted molar refractivity (Wildman–Crippen MR) is 103 cm³/mol. The van der Waals surface area contributed by atoms with Gasteiger partial charge in [-0.25, -0.2) is 4.79 Å². The Balaban J connectivity index is 2.60. The summed E-state index contributed by atoms with van der Waals surface area (Å²) >= 11 is 11.3. The Bertz CT molecular complexity index is 601. The Morgan fingerprint density at radius 3 is 2.52 bits per heavy atom. The van der Waals surface area contributed by atoms with Crippen LogP contribution in [0.15, 0.2) is 12.1 Å². The number of benzene rings is 1. The summed E-state index contributed by atoms with van der Waals surface area (Å²) < 4.78 is 10.5. The Kier molecular flexibility index (Phi) is 9.15. The molecule has 1 aromatic rings. The first-order valence-corrected chi connectivity index (χ1v) is 8.65. The van der Waals surface area contributed by atoms with Crippen LogP contribution < -0.4 is 25.4 Å². The molecule has 0 fully saturated rings. The van der Waals surface area contributed by atoms with Crippen molar-refractivity contribution in [3.8, 4) is 11.5 Å². The zero-order valence-corrected chi connectivity index (χ0v) is 16.1. The summed E-state index contributed by atoms with van der Waals surface area (Å²) in [6.45, 7) is 2.54. The van der Waals surface area contributed by atoms with Gasteiger partial charge in [-0.1, -0.05) is 24.9 Å². The second-order valence-corrected chi connectivity index (χ2v) is 6.11. The largest absolute Gasteiger partial charge is 0.495 e. The summed E-state index contributed by atoms with van der Waals surface area (Å²) in [5, 5.41) is 18.3. The SMILES string of the molecule is CCCC(CCNC(=S)Nc1cc(OC)c(Cl)cc1OC)NC(=O)O. The molecule has 0 aromatic heterocycles. The molecule has 0 aliphatic carbocycles. The van der Waals surface area contributed by atoms with Crippen molar-refractivity contribution in [1.29, 1.82) is 0 Å². The van der Waals surface area contributed by atoms with Crippen molar-refractivity contribution in [3.63, 3.8) is 0 Å². The summed E-state index contributed by atoms with van der Waals surface area (Å²) in [6.07, 6.45) is 1.28. The van der Waals surface area contributed by atoms with E-state index in [1.165, 1.54) is 14.2 Å². The van der Waals surface area contributed by atoms with Gasteiger partial charge in [0.05, 0.1) is 24.9 Å². The van der Waals surface area contributed by atoms with E-state index in [4.69, 9.17) is 38.4 Å². The molecule has 0 saturated carbocycles. The summed E-state index contributed by atoms with van der Waals surface area (Å²) in [6, 6.07) is 3.23. The van der Waals surface area contributed by atoms with Crippen LogP contribution in [0.4, 0.5) is 10.5 Å². The minimum atomic E-state index is -1.02. The fourth-order valence-corrected chi connectivity index (χ4v) is 2.74. The third-order valence-electron chi connectivity index (χ3n) is 3.47. The molecule has 0 bridgehead atoms. The van der Waals surface area contributed by atoms with E-state index >= 15 is 0 Å². The lowest BCUT2D eigenvalue weighted by atomic mass is 10.1. The number of carboxylic acid groups (broad SMARTS) is 1. The van der Waals surface area contributed by atoms with Crippen molar-refractivity contribution >= 4 is 40.7 Å². The number of rotatable bonds is 9. The summed E-state index contributed by atoms with van der Waals surface area (Å²) in [4.78, 5) is 10.8. The maximum atomic E-state index is 10.8. The Labute approximate surface area is 158 Å². The molecule has 140 valence electrons. The van der Waals surface area contributed by atoms with Gasteiger partial charge in [-0.2, -0.15) is 0 Å². The molecule has 0 radical (unpaired) electrons. The highest BCUT2D eigenvalue weighted by Gasteiger charge is 2.12. The molecule has 1 unspecified atom stereocenters. The monoisotopic (exact) mass is 389 g/mol. The Morgan fingerprint density at radius 1 is 1.28 bits per heavy atom. The lowest BCUT2D eigenvalue weighted by molar-refractivity contribution is 0.188. The zero-order valence-electron chi connectivity index (χ0n) is 14.5. The molecule has 1 rings (SSSR count). The van der Waals surface area contributed by atoms with Crippen LogP contribution in [0.3, 0.4) is 0 Å². The van der Waals surface area contributed by atoms with Crippen LogP contribution in [0.25, 0.3) is 0 Å². The number of halogens is 1. The maximum Gasteiger partial charge on any atom is 0.404 e. The number of carbonyl (C=O) groups is 1. The van der Waals surface area contributed by atoms with Crippen molar-refractivity contribution in [3.05, 3.63) is 17.2 Å². The molecule has 0 spiro atoms. The average Bonchev–Trinajstić information content (AvgIpc) is 2.55. The molecular weight excluding hydrogens is 366 g/mol. The molecule has 0 heterocycles. The Hall–Kier alpha value is -1.93. The van der Waals surface area contributed by atoms with E-state index in [0.717, 1.165) is 12.8 Å². The van der Waals surface area contributed by atoms with Gasteiger partial charge in [-0.3, -0.25) is 0 Å². The van der Waals surface area contributed by atoms with E-state index in [2.05, 4.69) is 16.0 Å². The maximum absolute atomic E-state index is 10.8. The molecule has 0 saturated heterocycles. The lowest BCUT2D eigenvalue weighted by Gasteiger charge is -2.18. The second kappa shape index (κ2) is 10.8. The van der Waals surface area contributed by atoms with Gasteiger partial charge in [-0.05, 0) is 25.1 Å². The van der Waals surface area contributed by atoms with Gasteiger partial charge in [0.15, 0.2) is 5.11 Å². The van der Waals surface area contributed by atoms with E-state index in [1.54, 1.807) is 12.1 Å². The number of hydrogen-bond donors (Lipinski definition) is 4. The van der Waals surface area contributed by atoms with E-state index in [-0.39, 0.29) is 6.04 Å². The molecule has 7 nitrogen and oxygen atoms in total. The predicted octanol–water partition coefficient (Wildman–Crippen LogP) is 3.47. The van der Waals surface area contributed by atoms with E-state index in [0.29, 0.717) is 40.3 Å². The standard InChI is InChI=1S/C16H24ClN3O4S/c1-4-5-10(19-16(21)22)6-7-18-15(25)20-12-9-13(23-2)11(17)8-14(12)24-3/h8-10,19H,4-7H2,1-3H3,(H,21,22)(H2,18,20,25). The fraction of sp³-hybridized carbons (Fsp3) is 0.500. The number of thiocarbonyl (C=S) groups is 1. The molecule has 1 aromatic carbocycles. The van der Waals surface area contributed by atoms with Gasteiger partial charge in [0.25, 0.3) is 0 Å². The van der Waals surface area contributed by atoms with E-state index < -0.39 is 6.09 Å². The topological polar surface area (TPSA) is 91.9 Å². The Morgan fingerprint density at radius 2 is 1.96 bits per heavy atom. The smallest absolute Gasteiger partial charge is 0.404 e. The highest BCUT2D eigenvalue weighted by Crippen LogP contribution is 2.35. The van der Waals surface area contributed by atoms with Crippen molar-refractivity contribution < 1.29 is 19.4 Å². The minimum absolute atomic E-state index is 0.108. The van der Waals surface area contributed by atoms with Crippen LogP contribution in [0, 0.1) is 0 Å². The van der Waals surface area contributed by atoms with Crippen LogP contribution >= 0.6 is 23.8 Å². The van der Waals surface area contributed by atoms with Crippen molar-refractivity contribution in [1.82, 2.24) is 10.6 Å². The highest BCUT2D eigenvalue weighted by molar-refractivity contribution is 7.80. The van der Waals surface area contributed by atoms with Gasteiger partial charge in [0.1, 0.15) is 11.5 Å². The van der Waals surface area contributed by atoms with Gasteiger partial charge in [0.2, 0.25) is 0 Å². The van der Waals surface area contributed by atoms with Crippen molar-refractivity contribution in [2.75, 3.05) is 26.1 Å². The molecule has 0 aliphatic heterocycles. The first-order valence-electron chi connectivity index (χ1n) is 7.87. The van der Waals surface area contributed by atoms with Crippen LogP contribution in [-0.4, -0.2) is 43.1 Å². The third-order valence-corrected chi connectivity index (χ3v) is 4.01. The summed E-state index contributed by atoms with van der Waals surface area (Å²) in [7, 11) is 3.06. The minimum Gasteiger partial charge on any atom is -0.495 e. The summed E-state index contributed by atoms with van der Waals surface area (Å²) in [5.74, 6) is 1.03. The van der Waals surface area contributed by atoms with Gasteiger partial charge >= 0.3 is 6.09 Å². The molecule has 4 N–H and O–H groups in total. The average molecular weight is 390 g/mol. The molecule has 1 amide bonds. The van der Waals surface area contributed by atoms with Crippen LogP contribution in [0.1, 0.15) is 26.2 Å². The first kappa shape index (κ1) is 21.1. The summed E-state index contributed by atoms with van der Waals surface area (Å²) in [5.41, 5.74) is 0.620. The third kappa shape index (κ3) is 7.23. The van der Waals surface area contributed by atoms with Crippen molar-refractivity contribution in [2.45, 2.75) is 32.2 Å². The first-order chi connectivity index (χ1) is 11.9. The number of nitrogens with one attached hydrogen (secondary N) is 3. The fourth-order valence-electron chi connectivity index (χ4n) is 2.30. The molecule has 0 aliphatic rings. The van der Waals surface area contributed by atoms with Crippen molar-refractivity contribution in [2.24, 2.45) is 0 Å². The van der Waals surface area contributed by atoms with Crippen LogP contribution in [0.5, 0.6) is 11.5 Å². The lowest BCUT2D eigenvalue weighted by Crippen LogP contribution is -2.38. The number of methoxy groups -OCH3 is 2. The number of anilines is 1. The van der Waals surface area contributed by atoms with Gasteiger partial charge in [-0.15, -0.1) is 0 Å². The highest BCUT2D eigenvalue weighted by atomic mass is 35.5. The molecule has 9 heteroatoms.